The van der Waals surface area contributed by atoms with Crippen LogP contribution in [0.4, 0.5) is 11.4 Å². The van der Waals surface area contributed by atoms with E-state index in [2.05, 4.69) is 38.8 Å². The van der Waals surface area contributed by atoms with Crippen LogP contribution in [-0.2, 0) is 4.79 Å². The molecule has 2 aromatic rings. The van der Waals surface area contributed by atoms with Crippen molar-refractivity contribution in [3.63, 3.8) is 0 Å². The lowest BCUT2D eigenvalue weighted by atomic mass is 10.2. The molecule has 3 N–H and O–H groups in total. The topological polar surface area (TPSA) is 79.5 Å². The highest BCUT2D eigenvalue weighted by Gasteiger charge is 2.15. The molecule has 0 aliphatic carbocycles. The molecule has 0 saturated heterocycles. The highest BCUT2D eigenvalue weighted by Crippen LogP contribution is 2.24. The number of thiocarbonyl (C=S) groups is 1. The summed E-state index contributed by atoms with van der Waals surface area (Å²) in [6.45, 7) is 6.39. The fraction of sp³-hybridized carbons (Fsp3) is 0.375. The number of anilines is 2. The van der Waals surface area contributed by atoms with Gasteiger partial charge in [-0.3, -0.25) is 14.9 Å². The second-order valence-electron chi connectivity index (χ2n) is 7.68. The molecule has 2 amide bonds. The van der Waals surface area contributed by atoms with Crippen molar-refractivity contribution in [2.24, 2.45) is 5.92 Å². The fourth-order valence-electron chi connectivity index (χ4n) is 2.77. The number of carbonyl (C=O) groups excluding carboxylic acids is 2. The first-order valence-corrected chi connectivity index (χ1v) is 12.0. The summed E-state index contributed by atoms with van der Waals surface area (Å²) >= 11 is 8.70. The molecule has 0 atom stereocenters. The van der Waals surface area contributed by atoms with Gasteiger partial charge < -0.3 is 15.4 Å². The number of unbranched alkanes of at least 4 members (excludes halogenated alkanes) is 3. The molecule has 0 unspecified atom stereocenters. The number of halogens is 1. The first-order chi connectivity index (χ1) is 15.3. The molecule has 0 aliphatic heterocycles. The van der Waals surface area contributed by atoms with Gasteiger partial charge >= 0.3 is 0 Å². The van der Waals surface area contributed by atoms with Gasteiger partial charge in [0.2, 0.25) is 5.91 Å². The van der Waals surface area contributed by atoms with Crippen LogP contribution in [0.2, 0.25) is 0 Å². The van der Waals surface area contributed by atoms with E-state index in [1.165, 1.54) is 6.42 Å². The predicted octanol–water partition coefficient (Wildman–Crippen LogP) is 6.13. The number of hydrogen-bond acceptors (Lipinski definition) is 4. The van der Waals surface area contributed by atoms with Gasteiger partial charge in [-0.25, -0.2) is 0 Å². The van der Waals surface area contributed by atoms with Crippen molar-refractivity contribution < 1.29 is 14.3 Å². The third-order valence-electron chi connectivity index (χ3n) is 4.60. The number of hydrogen-bond donors (Lipinski definition) is 3. The second kappa shape index (κ2) is 13.2. The van der Waals surface area contributed by atoms with E-state index in [4.69, 9.17) is 17.0 Å². The van der Waals surface area contributed by atoms with E-state index in [9.17, 15) is 9.59 Å². The van der Waals surface area contributed by atoms with Gasteiger partial charge in [-0.05, 0) is 61.1 Å². The lowest BCUT2D eigenvalue weighted by molar-refractivity contribution is -0.118. The van der Waals surface area contributed by atoms with Gasteiger partial charge in [0.1, 0.15) is 5.75 Å². The summed E-state index contributed by atoms with van der Waals surface area (Å²) in [6, 6.07) is 12.4. The lowest BCUT2D eigenvalue weighted by Gasteiger charge is -2.14. The molecule has 0 radical (unpaired) electrons. The van der Waals surface area contributed by atoms with Crippen molar-refractivity contribution in [1.29, 1.82) is 0 Å². The molecule has 2 rings (SSSR count). The van der Waals surface area contributed by atoms with Gasteiger partial charge in [-0.2, -0.15) is 0 Å². The molecule has 0 fully saturated rings. The van der Waals surface area contributed by atoms with Crippen LogP contribution < -0.4 is 20.7 Å². The Kier molecular flexibility index (Phi) is 10.6. The Labute approximate surface area is 203 Å². The zero-order valence-corrected chi connectivity index (χ0v) is 21.1. The summed E-state index contributed by atoms with van der Waals surface area (Å²) in [6.07, 6.45) is 4.37. The molecule has 0 saturated carbocycles. The largest absolute Gasteiger partial charge is 0.493 e. The molecule has 8 heteroatoms. The third-order valence-corrected chi connectivity index (χ3v) is 5.30. The first-order valence-electron chi connectivity index (χ1n) is 10.8. The average molecular weight is 520 g/mol. The Morgan fingerprint density at radius 2 is 1.66 bits per heavy atom. The third kappa shape index (κ3) is 8.59. The minimum atomic E-state index is -0.354. The Balaban J connectivity index is 1.95. The zero-order valence-electron chi connectivity index (χ0n) is 18.7. The van der Waals surface area contributed by atoms with E-state index in [0.717, 1.165) is 23.7 Å². The number of rotatable bonds is 10. The van der Waals surface area contributed by atoms with Crippen molar-refractivity contribution in [2.45, 2.75) is 46.5 Å². The molecule has 0 bridgehead atoms. The summed E-state index contributed by atoms with van der Waals surface area (Å²) in [5, 5.41) is 8.67. The smallest absolute Gasteiger partial charge is 0.261 e. The summed E-state index contributed by atoms with van der Waals surface area (Å²) in [7, 11) is 0. The Hall–Kier alpha value is -2.45. The molecular weight excluding hydrogens is 490 g/mol. The van der Waals surface area contributed by atoms with Crippen LogP contribution in [0.1, 0.15) is 56.8 Å². The molecule has 0 spiro atoms. The van der Waals surface area contributed by atoms with E-state index >= 15 is 0 Å². The molecule has 0 aliphatic rings. The van der Waals surface area contributed by atoms with Gasteiger partial charge in [0, 0.05) is 21.8 Å². The van der Waals surface area contributed by atoms with Gasteiger partial charge in [0.05, 0.1) is 12.2 Å². The van der Waals surface area contributed by atoms with Gasteiger partial charge in [-0.15, -0.1) is 0 Å². The van der Waals surface area contributed by atoms with E-state index in [1.807, 2.05) is 19.9 Å². The normalized spacial score (nSPS) is 10.5. The molecule has 172 valence electrons. The second-order valence-corrected chi connectivity index (χ2v) is 9.00. The van der Waals surface area contributed by atoms with Crippen molar-refractivity contribution in [3.05, 3.63) is 52.5 Å². The van der Waals surface area contributed by atoms with Crippen LogP contribution in [0.3, 0.4) is 0 Å². The Bertz CT molecular complexity index is 933. The van der Waals surface area contributed by atoms with Crippen LogP contribution >= 0.6 is 28.1 Å². The SMILES string of the molecule is CCCCCCOc1ccc(Br)cc1C(=O)NC(=S)Nc1ccc(NC(=O)C(C)C)cc1. The highest BCUT2D eigenvalue weighted by molar-refractivity contribution is 9.10. The number of benzene rings is 2. The van der Waals surface area contributed by atoms with Crippen molar-refractivity contribution in [2.75, 3.05) is 17.2 Å². The van der Waals surface area contributed by atoms with Crippen LogP contribution in [-0.4, -0.2) is 23.5 Å². The van der Waals surface area contributed by atoms with Crippen LogP contribution in [0.5, 0.6) is 5.75 Å². The molecule has 0 aromatic heterocycles. The standard InChI is InChI=1S/C24H30BrN3O3S/c1-4-5-6-7-14-31-21-13-8-17(25)15-20(21)23(30)28-24(32)27-19-11-9-18(10-12-19)26-22(29)16(2)3/h8-13,15-16H,4-7,14H2,1-3H3,(H,26,29)(H2,27,28,30,32). The minimum absolute atomic E-state index is 0.0501. The molecule has 6 nitrogen and oxygen atoms in total. The van der Waals surface area contributed by atoms with Crippen molar-refractivity contribution in [1.82, 2.24) is 5.32 Å². The van der Waals surface area contributed by atoms with Crippen molar-refractivity contribution >= 4 is 56.4 Å². The quantitative estimate of drug-likeness (QED) is 0.260. The Morgan fingerprint density at radius 1 is 1.00 bits per heavy atom. The molecule has 32 heavy (non-hydrogen) atoms. The zero-order chi connectivity index (χ0) is 23.5. The van der Waals surface area contributed by atoms with Crippen LogP contribution in [0.15, 0.2) is 46.9 Å². The number of ether oxygens (including phenoxy) is 1. The van der Waals surface area contributed by atoms with Crippen molar-refractivity contribution in [3.8, 4) is 5.75 Å². The van der Waals surface area contributed by atoms with E-state index in [0.29, 0.717) is 29.3 Å². The Morgan fingerprint density at radius 3 is 2.28 bits per heavy atom. The maximum atomic E-state index is 12.8. The number of amides is 2. The number of carbonyl (C=O) groups is 2. The lowest BCUT2D eigenvalue weighted by Crippen LogP contribution is -2.34. The van der Waals surface area contributed by atoms with E-state index < -0.39 is 0 Å². The summed E-state index contributed by atoms with van der Waals surface area (Å²) in [4.78, 5) is 24.6. The predicted molar refractivity (Wildman–Crippen MR) is 137 cm³/mol. The number of nitrogens with one attached hydrogen (secondary N) is 3. The minimum Gasteiger partial charge on any atom is -0.493 e. The summed E-state index contributed by atoms with van der Waals surface area (Å²) in [5.41, 5.74) is 1.80. The average Bonchev–Trinajstić information content (AvgIpc) is 2.75. The van der Waals surface area contributed by atoms with E-state index in [-0.39, 0.29) is 22.8 Å². The molecule has 2 aromatic carbocycles. The maximum absolute atomic E-state index is 12.8. The first kappa shape index (κ1) is 25.8. The van der Waals surface area contributed by atoms with E-state index in [1.54, 1.807) is 36.4 Å². The fourth-order valence-corrected chi connectivity index (χ4v) is 3.34. The molecule has 0 heterocycles. The maximum Gasteiger partial charge on any atom is 0.261 e. The van der Waals surface area contributed by atoms with Crippen LogP contribution in [0, 0.1) is 5.92 Å². The highest BCUT2D eigenvalue weighted by atomic mass is 79.9. The van der Waals surface area contributed by atoms with Crippen LogP contribution in [0.25, 0.3) is 0 Å². The summed E-state index contributed by atoms with van der Waals surface area (Å²) in [5.74, 6) is 0.0214. The van der Waals surface area contributed by atoms with Gasteiger partial charge in [-0.1, -0.05) is 56.0 Å². The molecular formula is C24H30BrN3O3S. The summed E-state index contributed by atoms with van der Waals surface area (Å²) < 4.78 is 6.62. The monoisotopic (exact) mass is 519 g/mol. The van der Waals surface area contributed by atoms with Gasteiger partial charge in [0.25, 0.3) is 5.91 Å². The van der Waals surface area contributed by atoms with Gasteiger partial charge in [0.15, 0.2) is 5.11 Å².